The fraction of sp³-hybridized carbons (Fsp3) is 0.294. The van der Waals surface area contributed by atoms with Crippen LogP contribution in [0.2, 0.25) is 0 Å². The molecule has 9 nitrogen and oxygen atoms in total. The molecular weight excluding hydrogens is 389 g/mol. The molecule has 0 saturated carbocycles. The van der Waals surface area contributed by atoms with E-state index in [1.807, 2.05) is 0 Å². The van der Waals surface area contributed by atoms with Gasteiger partial charge in [0, 0.05) is 24.8 Å². The van der Waals surface area contributed by atoms with Gasteiger partial charge in [-0.05, 0) is 16.8 Å². The van der Waals surface area contributed by atoms with Crippen molar-refractivity contribution in [2.24, 2.45) is 0 Å². The first-order chi connectivity index (χ1) is 14.0. The zero-order valence-corrected chi connectivity index (χ0v) is 14.8. The van der Waals surface area contributed by atoms with E-state index in [9.17, 15) is 13.2 Å². The number of benzene rings is 1. The summed E-state index contributed by atoms with van der Waals surface area (Å²) in [7, 11) is 0. The Morgan fingerprint density at radius 1 is 1.14 bits per heavy atom. The molecular formula is C17H13F3N8O. The van der Waals surface area contributed by atoms with E-state index < -0.39 is 24.0 Å². The molecule has 0 N–H and O–H groups in total. The normalized spacial score (nSPS) is 19.9. The topological polar surface area (TPSA) is 98.1 Å². The fourth-order valence-corrected chi connectivity index (χ4v) is 3.53. The van der Waals surface area contributed by atoms with Crippen molar-refractivity contribution >= 4 is 11.5 Å². The van der Waals surface area contributed by atoms with E-state index in [1.165, 1.54) is 21.8 Å². The lowest BCUT2D eigenvalue weighted by Crippen LogP contribution is -2.45. The number of hydrogen-bond acceptors (Lipinski definition) is 8. The standard InChI is InChI=1S/C17H13F3N8O/c18-17(19,20)16(15-22-12(24-29-15)11-4-2-1-3-5-11)6-8-27(10-16)13-14-23-25-26-28(14)9-7-21-13/h1-5,7,9H,6,8,10H2. The summed E-state index contributed by atoms with van der Waals surface area (Å²) in [6.07, 6.45) is -1.89. The number of rotatable bonds is 3. The molecule has 0 radical (unpaired) electrons. The molecule has 12 heteroatoms. The lowest BCUT2D eigenvalue weighted by atomic mass is 9.86. The van der Waals surface area contributed by atoms with Crippen LogP contribution in [0, 0.1) is 0 Å². The molecule has 148 valence electrons. The Balaban J connectivity index is 1.54. The average molecular weight is 402 g/mol. The Labute approximate surface area is 161 Å². The molecule has 5 rings (SSSR count). The number of tetrazole rings is 1. The Morgan fingerprint density at radius 3 is 2.76 bits per heavy atom. The molecule has 4 heterocycles. The van der Waals surface area contributed by atoms with Crippen LogP contribution in [-0.2, 0) is 5.41 Å². The smallest absolute Gasteiger partial charge is 0.352 e. The zero-order valence-electron chi connectivity index (χ0n) is 14.8. The van der Waals surface area contributed by atoms with Crippen molar-refractivity contribution in [3.8, 4) is 11.4 Å². The van der Waals surface area contributed by atoms with Gasteiger partial charge >= 0.3 is 6.18 Å². The van der Waals surface area contributed by atoms with E-state index in [0.29, 0.717) is 5.56 Å². The van der Waals surface area contributed by atoms with Crippen LogP contribution in [-0.4, -0.2) is 54.4 Å². The maximum Gasteiger partial charge on any atom is 0.405 e. The molecule has 1 aliphatic rings. The number of anilines is 1. The highest BCUT2D eigenvalue weighted by atomic mass is 19.4. The minimum Gasteiger partial charge on any atom is -0.352 e. The Bertz CT molecular complexity index is 1160. The molecule has 1 aliphatic heterocycles. The maximum atomic E-state index is 14.2. The number of hydrogen-bond donors (Lipinski definition) is 0. The minimum atomic E-state index is -4.60. The second-order valence-corrected chi connectivity index (χ2v) is 6.74. The highest BCUT2D eigenvalue weighted by Gasteiger charge is 2.63. The Kier molecular flexibility index (Phi) is 3.76. The van der Waals surface area contributed by atoms with Crippen LogP contribution < -0.4 is 4.90 Å². The predicted molar refractivity (Wildman–Crippen MR) is 92.9 cm³/mol. The van der Waals surface area contributed by atoms with Crippen LogP contribution in [0.3, 0.4) is 0 Å². The van der Waals surface area contributed by atoms with E-state index in [1.54, 1.807) is 30.3 Å². The Morgan fingerprint density at radius 2 is 1.97 bits per heavy atom. The molecule has 1 saturated heterocycles. The van der Waals surface area contributed by atoms with E-state index in [2.05, 4.69) is 30.7 Å². The van der Waals surface area contributed by atoms with Gasteiger partial charge in [-0.25, -0.2) is 4.98 Å². The Hall–Kier alpha value is -3.57. The van der Waals surface area contributed by atoms with Gasteiger partial charge in [0.2, 0.25) is 17.4 Å². The van der Waals surface area contributed by atoms with Gasteiger partial charge in [-0.2, -0.15) is 22.7 Å². The molecule has 0 amide bonds. The quantitative estimate of drug-likeness (QED) is 0.515. The van der Waals surface area contributed by atoms with E-state index in [4.69, 9.17) is 4.52 Å². The van der Waals surface area contributed by atoms with Gasteiger partial charge < -0.3 is 9.42 Å². The first-order valence-corrected chi connectivity index (χ1v) is 8.72. The number of alkyl halides is 3. The molecule has 0 spiro atoms. The number of nitrogens with zero attached hydrogens (tertiary/aromatic N) is 8. The van der Waals surface area contributed by atoms with Crippen molar-refractivity contribution in [3.05, 3.63) is 48.6 Å². The van der Waals surface area contributed by atoms with Crippen LogP contribution in [0.1, 0.15) is 12.3 Å². The molecule has 29 heavy (non-hydrogen) atoms. The van der Waals surface area contributed by atoms with Gasteiger partial charge in [0.1, 0.15) is 0 Å². The minimum absolute atomic E-state index is 0.0854. The predicted octanol–water partition coefficient (Wildman–Crippen LogP) is 2.28. The molecule has 1 fully saturated rings. The van der Waals surface area contributed by atoms with Crippen molar-refractivity contribution in [2.45, 2.75) is 18.0 Å². The van der Waals surface area contributed by atoms with Crippen LogP contribution in [0.4, 0.5) is 19.0 Å². The van der Waals surface area contributed by atoms with Crippen molar-refractivity contribution in [2.75, 3.05) is 18.0 Å². The molecule has 0 bridgehead atoms. The lowest BCUT2D eigenvalue weighted by Gasteiger charge is -2.28. The van der Waals surface area contributed by atoms with Gasteiger partial charge in [0.15, 0.2) is 11.2 Å². The fourth-order valence-electron chi connectivity index (χ4n) is 3.53. The molecule has 1 unspecified atom stereocenters. The summed E-state index contributed by atoms with van der Waals surface area (Å²) in [4.78, 5) is 9.77. The summed E-state index contributed by atoms with van der Waals surface area (Å²) in [5.41, 5.74) is -1.45. The second-order valence-electron chi connectivity index (χ2n) is 6.74. The summed E-state index contributed by atoms with van der Waals surface area (Å²) >= 11 is 0. The number of halogens is 3. The van der Waals surface area contributed by atoms with Gasteiger partial charge in [0.25, 0.3) is 0 Å². The first kappa shape index (κ1) is 17.5. The molecule has 3 aromatic heterocycles. The van der Waals surface area contributed by atoms with E-state index in [0.717, 1.165) is 0 Å². The van der Waals surface area contributed by atoms with Crippen LogP contribution in [0.25, 0.3) is 17.0 Å². The zero-order chi connectivity index (χ0) is 20.1. The SMILES string of the molecule is FC(F)(F)C1(c2nc(-c3ccccc3)no2)CCN(c2nccn3nnnc23)C1. The van der Waals surface area contributed by atoms with Crippen LogP contribution in [0.5, 0.6) is 0 Å². The van der Waals surface area contributed by atoms with Gasteiger partial charge in [-0.3, -0.25) is 0 Å². The van der Waals surface area contributed by atoms with E-state index in [-0.39, 0.29) is 30.3 Å². The number of aromatic nitrogens is 7. The highest BCUT2D eigenvalue weighted by Crippen LogP contribution is 2.48. The first-order valence-electron chi connectivity index (χ1n) is 8.72. The van der Waals surface area contributed by atoms with Gasteiger partial charge in [-0.15, -0.1) is 5.10 Å². The monoisotopic (exact) mass is 402 g/mol. The van der Waals surface area contributed by atoms with Crippen molar-refractivity contribution in [1.29, 1.82) is 0 Å². The summed E-state index contributed by atoms with van der Waals surface area (Å²) in [6, 6.07) is 8.71. The van der Waals surface area contributed by atoms with Gasteiger partial charge in [0.05, 0.1) is 6.20 Å². The second kappa shape index (κ2) is 6.22. The van der Waals surface area contributed by atoms with Gasteiger partial charge in [-0.1, -0.05) is 35.5 Å². The summed E-state index contributed by atoms with van der Waals surface area (Å²) < 4.78 is 49.2. The highest BCUT2D eigenvalue weighted by molar-refractivity contribution is 5.64. The summed E-state index contributed by atoms with van der Waals surface area (Å²) in [5.74, 6) is -0.0751. The van der Waals surface area contributed by atoms with Crippen molar-refractivity contribution in [3.63, 3.8) is 0 Å². The third-order valence-corrected chi connectivity index (χ3v) is 5.08. The number of fused-ring (bicyclic) bond motifs is 1. The van der Waals surface area contributed by atoms with Crippen molar-refractivity contribution < 1.29 is 17.7 Å². The van der Waals surface area contributed by atoms with Crippen LogP contribution in [0.15, 0.2) is 47.2 Å². The largest absolute Gasteiger partial charge is 0.405 e. The summed E-state index contributed by atoms with van der Waals surface area (Å²) in [6.45, 7) is -0.339. The molecule has 1 atom stereocenters. The van der Waals surface area contributed by atoms with Crippen LogP contribution >= 0.6 is 0 Å². The summed E-state index contributed by atoms with van der Waals surface area (Å²) in [5, 5.41) is 14.9. The third kappa shape index (κ3) is 2.70. The van der Waals surface area contributed by atoms with Crippen molar-refractivity contribution in [1.82, 2.24) is 35.2 Å². The molecule has 1 aromatic carbocycles. The lowest BCUT2D eigenvalue weighted by molar-refractivity contribution is -0.191. The third-order valence-electron chi connectivity index (χ3n) is 5.08. The maximum absolute atomic E-state index is 14.2. The average Bonchev–Trinajstić information content (AvgIpc) is 3.46. The van der Waals surface area contributed by atoms with E-state index >= 15 is 0 Å². The molecule has 0 aliphatic carbocycles. The molecule has 4 aromatic rings.